The number of nitrogens with zero attached hydrogens (tertiary/aromatic N) is 2. The van der Waals surface area contributed by atoms with Crippen LogP contribution in [0.2, 0.25) is 0 Å². The van der Waals surface area contributed by atoms with Crippen molar-refractivity contribution < 1.29 is 4.79 Å². The zero-order valence-electron chi connectivity index (χ0n) is 7.19. The van der Waals surface area contributed by atoms with Crippen LogP contribution in [-0.2, 0) is 0 Å². The maximum absolute atomic E-state index is 10.6. The lowest BCUT2D eigenvalue weighted by Crippen LogP contribution is -1.88. The summed E-state index contributed by atoms with van der Waals surface area (Å²) in [5.41, 5.74) is 0.775. The van der Waals surface area contributed by atoms with E-state index in [0.717, 1.165) is 5.56 Å². The first-order valence-corrected chi connectivity index (χ1v) is 3.56. The molecule has 1 rings (SSSR count). The molecule has 0 radical (unpaired) electrons. The fourth-order valence-corrected chi connectivity index (χ4v) is 0.673. The van der Waals surface area contributed by atoms with Gasteiger partial charge in [0.25, 0.3) is 0 Å². The number of hydrogen-bond donors (Lipinski definition) is 0. The molecule has 0 heterocycles. The van der Waals surface area contributed by atoms with Crippen LogP contribution in [0.15, 0.2) is 30.3 Å². The minimum absolute atomic E-state index is 0.121. The summed E-state index contributed by atoms with van der Waals surface area (Å²) in [4.78, 5) is 10.6. The molecule has 1 aromatic carbocycles. The standard InChI is InChI=1S/C8H8O.C2N2/c1-7(9)8-5-3-2-4-6-8;3-1-2-4/h2-6H,1H3;. The summed E-state index contributed by atoms with van der Waals surface area (Å²) in [5.74, 6) is 0.121. The number of carbonyl (C=O) groups excluding carboxylic acids is 1. The van der Waals surface area contributed by atoms with Crippen molar-refractivity contribution in [1.29, 1.82) is 10.5 Å². The van der Waals surface area contributed by atoms with Gasteiger partial charge < -0.3 is 0 Å². The van der Waals surface area contributed by atoms with Crippen molar-refractivity contribution in [3.63, 3.8) is 0 Å². The Bertz CT molecular complexity index is 331. The van der Waals surface area contributed by atoms with Gasteiger partial charge in [-0.15, -0.1) is 0 Å². The van der Waals surface area contributed by atoms with Gasteiger partial charge in [0, 0.05) is 5.56 Å². The van der Waals surface area contributed by atoms with Gasteiger partial charge in [-0.05, 0) is 6.92 Å². The first kappa shape index (κ1) is 10.9. The van der Waals surface area contributed by atoms with Gasteiger partial charge in [-0.25, -0.2) is 0 Å². The van der Waals surface area contributed by atoms with Crippen LogP contribution in [0.25, 0.3) is 0 Å². The molecule has 0 aliphatic rings. The number of benzene rings is 1. The van der Waals surface area contributed by atoms with E-state index >= 15 is 0 Å². The van der Waals surface area contributed by atoms with Crippen LogP contribution >= 0.6 is 0 Å². The molecule has 0 aromatic heterocycles. The van der Waals surface area contributed by atoms with E-state index in [-0.39, 0.29) is 5.78 Å². The fraction of sp³-hybridized carbons (Fsp3) is 0.100. The second-order valence-corrected chi connectivity index (χ2v) is 2.15. The average molecular weight is 172 g/mol. The Morgan fingerprint density at radius 1 is 1.15 bits per heavy atom. The second-order valence-electron chi connectivity index (χ2n) is 2.15. The molecule has 0 bridgehead atoms. The van der Waals surface area contributed by atoms with E-state index in [4.69, 9.17) is 10.5 Å². The highest BCUT2D eigenvalue weighted by Gasteiger charge is 1.92. The minimum Gasteiger partial charge on any atom is -0.295 e. The molecule has 0 saturated heterocycles. The molecular weight excluding hydrogens is 164 g/mol. The number of hydrogen-bond acceptors (Lipinski definition) is 3. The molecule has 13 heavy (non-hydrogen) atoms. The van der Waals surface area contributed by atoms with Crippen molar-refractivity contribution in [2.75, 3.05) is 0 Å². The molecule has 64 valence electrons. The molecule has 3 heteroatoms. The normalized spacial score (nSPS) is 7.00. The third-order valence-corrected chi connectivity index (χ3v) is 1.23. The summed E-state index contributed by atoms with van der Waals surface area (Å²) < 4.78 is 0. The lowest BCUT2D eigenvalue weighted by molar-refractivity contribution is 0.101. The van der Waals surface area contributed by atoms with E-state index in [9.17, 15) is 4.79 Å². The van der Waals surface area contributed by atoms with Crippen molar-refractivity contribution in [3.8, 4) is 12.1 Å². The molecule has 0 N–H and O–H groups in total. The Hall–Kier alpha value is -2.13. The Labute approximate surface area is 76.8 Å². The number of Topliss-reactive ketones (excluding diaryl/α,β-unsaturated/α-hetero) is 1. The molecular formula is C10H8N2O. The quantitative estimate of drug-likeness (QED) is 0.608. The van der Waals surface area contributed by atoms with Crippen LogP contribution in [-0.4, -0.2) is 5.78 Å². The van der Waals surface area contributed by atoms with Crippen molar-refractivity contribution in [2.24, 2.45) is 0 Å². The van der Waals surface area contributed by atoms with E-state index in [1.807, 2.05) is 30.3 Å². The Balaban J connectivity index is 0.000000310. The SMILES string of the molecule is CC(=O)c1ccccc1.N#CC#N. The lowest BCUT2D eigenvalue weighted by Gasteiger charge is -1.89. The van der Waals surface area contributed by atoms with Crippen LogP contribution in [0.4, 0.5) is 0 Å². The first-order chi connectivity index (χ1) is 6.22. The van der Waals surface area contributed by atoms with Crippen LogP contribution < -0.4 is 0 Å². The van der Waals surface area contributed by atoms with E-state index < -0.39 is 0 Å². The van der Waals surface area contributed by atoms with Gasteiger partial charge in [0.15, 0.2) is 17.9 Å². The van der Waals surface area contributed by atoms with Crippen LogP contribution in [0, 0.1) is 22.7 Å². The number of nitriles is 2. The smallest absolute Gasteiger partial charge is 0.181 e. The number of carbonyl (C=O) groups is 1. The summed E-state index contributed by atoms with van der Waals surface area (Å²) in [5, 5.41) is 14.5. The summed E-state index contributed by atoms with van der Waals surface area (Å²) in [6, 6.07) is 11.7. The summed E-state index contributed by atoms with van der Waals surface area (Å²) >= 11 is 0. The van der Waals surface area contributed by atoms with Crippen LogP contribution in [0.5, 0.6) is 0 Å². The molecule has 3 nitrogen and oxygen atoms in total. The molecule has 0 saturated carbocycles. The third kappa shape index (κ3) is 5.17. The van der Waals surface area contributed by atoms with Gasteiger partial charge in [-0.3, -0.25) is 4.79 Å². The summed E-state index contributed by atoms with van der Waals surface area (Å²) in [6.07, 6.45) is 0. The molecule has 0 spiro atoms. The summed E-state index contributed by atoms with van der Waals surface area (Å²) in [6.45, 7) is 1.56. The zero-order valence-corrected chi connectivity index (χ0v) is 7.19. The molecule has 0 unspecified atom stereocenters. The predicted molar refractivity (Wildman–Crippen MR) is 47.7 cm³/mol. The molecule has 1 aromatic rings. The molecule has 0 aliphatic carbocycles. The maximum Gasteiger partial charge on any atom is 0.181 e. The third-order valence-electron chi connectivity index (χ3n) is 1.23. The largest absolute Gasteiger partial charge is 0.295 e. The van der Waals surface area contributed by atoms with Crippen LogP contribution in [0.3, 0.4) is 0 Å². The number of rotatable bonds is 1. The second kappa shape index (κ2) is 6.57. The van der Waals surface area contributed by atoms with Gasteiger partial charge in [0.05, 0.1) is 0 Å². The molecule has 0 fully saturated rings. The lowest BCUT2D eigenvalue weighted by atomic mass is 10.2. The van der Waals surface area contributed by atoms with E-state index in [2.05, 4.69) is 0 Å². The van der Waals surface area contributed by atoms with Crippen molar-refractivity contribution in [2.45, 2.75) is 6.92 Å². The molecule has 0 atom stereocenters. The van der Waals surface area contributed by atoms with Gasteiger partial charge in [-0.1, -0.05) is 30.3 Å². The highest BCUT2D eigenvalue weighted by Crippen LogP contribution is 1.97. The average Bonchev–Trinajstić information content (AvgIpc) is 2.19. The molecule has 0 amide bonds. The highest BCUT2D eigenvalue weighted by atomic mass is 16.1. The van der Waals surface area contributed by atoms with Crippen LogP contribution in [0.1, 0.15) is 17.3 Å². The van der Waals surface area contributed by atoms with Gasteiger partial charge in [-0.2, -0.15) is 10.5 Å². The van der Waals surface area contributed by atoms with E-state index in [1.54, 1.807) is 6.92 Å². The maximum atomic E-state index is 10.6. The molecule has 0 aliphatic heterocycles. The fourth-order valence-electron chi connectivity index (χ4n) is 0.673. The first-order valence-electron chi connectivity index (χ1n) is 3.56. The zero-order chi connectivity index (χ0) is 10.1. The van der Waals surface area contributed by atoms with Gasteiger partial charge in [0.2, 0.25) is 0 Å². The van der Waals surface area contributed by atoms with Crippen molar-refractivity contribution in [3.05, 3.63) is 35.9 Å². The predicted octanol–water partition coefficient (Wildman–Crippen LogP) is 1.92. The van der Waals surface area contributed by atoms with Gasteiger partial charge >= 0.3 is 0 Å². The Morgan fingerprint density at radius 3 is 1.85 bits per heavy atom. The van der Waals surface area contributed by atoms with Crippen molar-refractivity contribution in [1.82, 2.24) is 0 Å². The van der Waals surface area contributed by atoms with Gasteiger partial charge in [0.1, 0.15) is 0 Å². The highest BCUT2D eigenvalue weighted by molar-refractivity contribution is 5.93. The topological polar surface area (TPSA) is 64.7 Å². The summed E-state index contributed by atoms with van der Waals surface area (Å²) in [7, 11) is 0. The van der Waals surface area contributed by atoms with E-state index in [0.29, 0.717) is 0 Å². The Kier molecular flexibility index (Phi) is 5.50. The minimum atomic E-state index is 0.121. The van der Waals surface area contributed by atoms with E-state index in [1.165, 1.54) is 12.1 Å². The Morgan fingerprint density at radius 2 is 1.62 bits per heavy atom. The monoisotopic (exact) mass is 172 g/mol. The van der Waals surface area contributed by atoms with Crippen molar-refractivity contribution >= 4 is 5.78 Å². The number of ketones is 1.